The summed E-state index contributed by atoms with van der Waals surface area (Å²) in [5.74, 6) is 0.712. The third-order valence-corrected chi connectivity index (χ3v) is 6.26. The molecular weight excluding hydrogens is 455 g/mol. The normalized spacial score (nSPS) is 10.7. The number of aryl methyl sites for hydroxylation is 1. The topological polar surface area (TPSA) is 97.1 Å². The van der Waals surface area contributed by atoms with Crippen LogP contribution in [0.1, 0.15) is 16.2 Å². The molecule has 3 rings (SSSR count). The molecule has 2 N–H and O–H groups in total. The van der Waals surface area contributed by atoms with Gasteiger partial charge in [0.1, 0.15) is 5.76 Å². The zero-order valence-electron chi connectivity index (χ0n) is 15.2. The SMILES string of the molecule is Cc1cc(NC(=O)CSCC(=O)Nc2ncc(Cc3cccc(Cl)c3Cl)s2)no1. The second kappa shape index (κ2) is 10.1. The summed E-state index contributed by atoms with van der Waals surface area (Å²) in [5, 5.41) is 10.5. The highest BCUT2D eigenvalue weighted by atomic mass is 35.5. The minimum Gasteiger partial charge on any atom is -0.360 e. The molecule has 0 atom stereocenters. The molecule has 0 aliphatic carbocycles. The molecule has 2 aromatic heterocycles. The van der Waals surface area contributed by atoms with Gasteiger partial charge in [-0.3, -0.25) is 9.59 Å². The second-order valence-electron chi connectivity index (χ2n) is 5.93. The maximum Gasteiger partial charge on any atom is 0.236 e. The Labute approximate surface area is 185 Å². The van der Waals surface area contributed by atoms with Crippen LogP contribution in [0.3, 0.4) is 0 Å². The molecule has 152 valence electrons. The van der Waals surface area contributed by atoms with Crippen molar-refractivity contribution in [3.05, 3.63) is 56.7 Å². The lowest BCUT2D eigenvalue weighted by Gasteiger charge is -2.03. The number of carbonyl (C=O) groups is 2. The molecule has 0 spiro atoms. The molecule has 7 nitrogen and oxygen atoms in total. The van der Waals surface area contributed by atoms with Crippen molar-refractivity contribution < 1.29 is 14.1 Å². The quantitative estimate of drug-likeness (QED) is 0.497. The van der Waals surface area contributed by atoms with Gasteiger partial charge in [-0.25, -0.2) is 4.98 Å². The van der Waals surface area contributed by atoms with E-state index in [1.807, 2.05) is 12.1 Å². The number of benzene rings is 1. The van der Waals surface area contributed by atoms with E-state index in [0.717, 1.165) is 10.4 Å². The van der Waals surface area contributed by atoms with Gasteiger partial charge < -0.3 is 15.2 Å². The van der Waals surface area contributed by atoms with Crippen molar-refractivity contribution in [1.82, 2.24) is 10.1 Å². The van der Waals surface area contributed by atoms with Gasteiger partial charge in [-0.15, -0.1) is 23.1 Å². The summed E-state index contributed by atoms with van der Waals surface area (Å²) in [6, 6.07) is 7.08. The molecule has 1 aromatic carbocycles. The van der Waals surface area contributed by atoms with Crippen LogP contribution in [0, 0.1) is 6.92 Å². The number of halogens is 2. The number of hydrogen-bond acceptors (Lipinski definition) is 7. The van der Waals surface area contributed by atoms with Crippen LogP contribution in [0.15, 0.2) is 35.0 Å². The molecule has 0 fully saturated rings. The van der Waals surface area contributed by atoms with Gasteiger partial charge in [0.05, 0.1) is 21.6 Å². The highest BCUT2D eigenvalue weighted by Gasteiger charge is 2.12. The predicted molar refractivity (Wildman–Crippen MR) is 117 cm³/mol. The highest BCUT2D eigenvalue weighted by molar-refractivity contribution is 8.00. The van der Waals surface area contributed by atoms with Gasteiger partial charge in [-0.2, -0.15) is 0 Å². The Morgan fingerprint density at radius 3 is 2.69 bits per heavy atom. The number of hydrogen-bond donors (Lipinski definition) is 2. The minimum atomic E-state index is -0.258. The average molecular weight is 471 g/mol. The van der Waals surface area contributed by atoms with Crippen LogP contribution in [0.25, 0.3) is 0 Å². The van der Waals surface area contributed by atoms with E-state index in [1.165, 1.54) is 23.1 Å². The number of thioether (sulfide) groups is 1. The Hall–Kier alpha value is -2.07. The molecule has 2 amide bonds. The first-order chi connectivity index (χ1) is 13.9. The first kappa shape index (κ1) is 21.6. The van der Waals surface area contributed by atoms with Crippen molar-refractivity contribution in [1.29, 1.82) is 0 Å². The van der Waals surface area contributed by atoms with Crippen LogP contribution >= 0.6 is 46.3 Å². The van der Waals surface area contributed by atoms with Crippen molar-refractivity contribution in [2.24, 2.45) is 0 Å². The number of rotatable bonds is 8. The molecule has 0 saturated carbocycles. The number of carbonyl (C=O) groups excluding carboxylic acids is 2. The Bertz CT molecular complexity index is 1020. The monoisotopic (exact) mass is 470 g/mol. The van der Waals surface area contributed by atoms with E-state index in [2.05, 4.69) is 20.8 Å². The van der Waals surface area contributed by atoms with Gasteiger partial charge in [0.15, 0.2) is 10.9 Å². The molecule has 0 saturated heterocycles. The van der Waals surface area contributed by atoms with Crippen molar-refractivity contribution in [2.75, 3.05) is 22.1 Å². The molecule has 0 unspecified atom stereocenters. The second-order valence-corrected chi connectivity index (χ2v) is 8.82. The molecule has 2 heterocycles. The van der Waals surface area contributed by atoms with Gasteiger partial charge >= 0.3 is 0 Å². The van der Waals surface area contributed by atoms with Crippen LogP contribution in [0.4, 0.5) is 10.9 Å². The van der Waals surface area contributed by atoms with Gasteiger partial charge in [0.25, 0.3) is 0 Å². The lowest BCUT2D eigenvalue weighted by molar-refractivity contribution is -0.114. The molecule has 0 aliphatic heterocycles. The van der Waals surface area contributed by atoms with E-state index < -0.39 is 0 Å². The Kier molecular flexibility index (Phi) is 7.54. The lowest BCUT2D eigenvalue weighted by atomic mass is 10.1. The summed E-state index contributed by atoms with van der Waals surface area (Å²) < 4.78 is 4.87. The molecule has 29 heavy (non-hydrogen) atoms. The van der Waals surface area contributed by atoms with Crippen LogP contribution in [0.5, 0.6) is 0 Å². The third-order valence-electron chi connectivity index (χ3n) is 3.56. The van der Waals surface area contributed by atoms with Gasteiger partial charge in [-0.1, -0.05) is 40.5 Å². The summed E-state index contributed by atoms with van der Waals surface area (Å²) >= 11 is 14.8. The largest absolute Gasteiger partial charge is 0.360 e. The van der Waals surface area contributed by atoms with E-state index in [4.69, 9.17) is 27.7 Å². The van der Waals surface area contributed by atoms with Crippen molar-refractivity contribution in [3.8, 4) is 0 Å². The summed E-state index contributed by atoms with van der Waals surface area (Å²) in [5.41, 5.74) is 0.893. The smallest absolute Gasteiger partial charge is 0.236 e. The Morgan fingerprint density at radius 1 is 1.21 bits per heavy atom. The first-order valence-electron chi connectivity index (χ1n) is 8.39. The van der Waals surface area contributed by atoms with E-state index in [1.54, 1.807) is 25.3 Å². The van der Waals surface area contributed by atoms with Gasteiger partial charge in [-0.05, 0) is 18.6 Å². The molecule has 3 aromatic rings. The predicted octanol–water partition coefficient (Wildman–Crippen LogP) is 4.65. The molecule has 0 aliphatic rings. The molecule has 11 heteroatoms. The lowest BCUT2D eigenvalue weighted by Crippen LogP contribution is -2.18. The number of anilines is 2. The van der Waals surface area contributed by atoms with Crippen molar-refractivity contribution in [3.63, 3.8) is 0 Å². The van der Waals surface area contributed by atoms with E-state index in [-0.39, 0.29) is 23.3 Å². The summed E-state index contributed by atoms with van der Waals surface area (Å²) in [4.78, 5) is 29.0. The fourth-order valence-corrected chi connectivity index (χ4v) is 4.17. The van der Waals surface area contributed by atoms with Crippen LogP contribution in [-0.2, 0) is 16.0 Å². The van der Waals surface area contributed by atoms with E-state index in [9.17, 15) is 9.59 Å². The van der Waals surface area contributed by atoms with E-state index >= 15 is 0 Å². The van der Waals surface area contributed by atoms with Crippen LogP contribution in [-0.4, -0.2) is 33.5 Å². The standard InChI is InChI=1S/C18H16Cl2N4O3S2/c1-10-5-14(24-27-10)22-15(25)8-28-9-16(26)23-18-21-7-12(29-18)6-11-3-2-4-13(19)17(11)20/h2-5,7H,6,8-9H2,1H3,(H,21,23,26)(H,22,24,25). The maximum atomic E-state index is 12.1. The van der Waals surface area contributed by atoms with E-state index in [0.29, 0.717) is 33.2 Å². The van der Waals surface area contributed by atoms with Crippen molar-refractivity contribution >= 4 is 69.1 Å². The molecule has 0 radical (unpaired) electrons. The summed E-state index contributed by atoms with van der Waals surface area (Å²) in [7, 11) is 0. The minimum absolute atomic E-state index is 0.121. The molecular formula is C18H16Cl2N4O3S2. The number of aromatic nitrogens is 2. The average Bonchev–Trinajstić information content (AvgIpc) is 3.27. The van der Waals surface area contributed by atoms with Gasteiger partial charge in [0, 0.05) is 23.6 Å². The number of nitrogens with one attached hydrogen (secondary N) is 2. The zero-order valence-corrected chi connectivity index (χ0v) is 18.3. The fourth-order valence-electron chi connectivity index (χ4n) is 2.32. The maximum absolute atomic E-state index is 12.1. The highest BCUT2D eigenvalue weighted by Crippen LogP contribution is 2.29. The van der Waals surface area contributed by atoms with Gasteiger partial charge in [0.2, 0.25) is 11.8 Å². The first-order valence-corrected chi connectivity index (χ1v) is 11.1. The third kappa shape index (κ3) is 6.46. The summed E-state index contributed by atoms with van der Waals surface area (Å²) in [6.07, 6.45) is 2.27. The summed E-state index contributed by atoms with van der Waals surface area (Å²) in [6.45, 7) is 1.73. The van der Waals surface area contributed by atoms with Crippen LogP contribution in [0.2, 0.25) is 10.0 Å². The number of thiazole rings is 1. The Balaban J connectivity index is 1.43. The molecule has 0 bridgehead atoms. The fraction of sp³-hybridized carbons (Fsp3) is 0.222. The number of amides is 2. The van der Waals surface area contributed by atoms with Crippen LogP contribution < -0.4 is 10.6 Å². The van der Waals surface area contributed by atoms with Crippen molar-refractivity contribution in [2.45, 2.75) is 13.3 Å². The Morgan fingerprint density at radius 2 is 1.97 bits per heavy atom. The number of nitrogens with zero attached hydrogens (tertiary/aromatic N) is 2. The zero-order chi connectivity index (χ0) is 20.8.